The number of hydrogen-bond donors (Lipinski definition) is 2. The lowest BCUT2D eigenvalue weighted by Gasteiger charge is -2.05. The zero-order valence-electron chi connectivity index (χ0n) is 10.6. The fourth-order valence-electron chi connectivity index (χ4n) is 1.90. The van der Waals surface area contributed by atoms with Crippen molar-refractivity contribution in [2.45, 2.75) is 18.8 Å². The number of carbonyl (C=O) groups excluding carboxylic acids is 1. The Kier molecular flexibility index (Phi) is 2.91. The van der Waals surface area contributed by atoms with Crippen molar-refractivity contribution in [3.8, 4) is 0 Å². The van der Waals surface area contributed by atoms with Gasteiger partial charge in [-0.1, -0.05) is 6.07 Å². The Hall–Kier alpha value is -2.37. The molecule has 3 rings (SSSR count). The normalized spacial score (nSPS) is 14.2. The van der Waals surface area contributed by atoms with Gasteiger partial charge >= 0.3 is 6.03 Å². The van der Waals surface area contributed by atoms with Crippen LogP contribution in [0.15, 0.2) is 30.7 Å². The maximum absolute atomic E-state index is 11.7. The smallest absolute Gasteiger partial charge is 0.305 e. The minimum atomic E-state index is -0.320. The lowest BCUT2D eigenvalue weighted by Crippen LogP contribution is -2.19. The largest absolute Gasteiger partial charge is 0.324 e. The van der Waals surface area contributed by atoms with Gasteiger partial charge in [0.15, 0.2) is 0 Å². The molecule has 2 aromatic rings. The van der Waals surface area contributed by atoms with Gasteiger partial charge in [-0.05, 0) is 30.4 Å². The molecule has 0 radical (unpaired) electrons. The highest BCUT2D eigenvalue weighted by atomic mass is 16.2. The average molecular weight is 257 g/mol. The van der Waals surface area contributed by atoms with Crippen molar-refractivity contribution < 1.29 is 4.79 Å². The van der Waals surface area contributed by atoms with Gasteiger partial charge in [-0.25, -0.2) is 9.78 Å². The molecule has 2 amide bonds. The monoisotopic (exact) mass is 257 g/mol. The molecule has 1 saturated carbocycles. The third-order valence-electron chi connectivity index (χ3n) is 3.04. The van der Waals surface area contributed by atoms with Crippen LogP contribution in [-0.4, -0.2) is 20.8 Å². The third kappa shape index (κ3) is 2.90. The van der Waals surface area contributed by atoms with E-state index >= 15 is 0 Å². The Balaban J connectivity index is 1.59. The molecule has 0 aromatic carbocycles. The van der Waals surface area contributed by atoms with Crippen molar-refractivity contribution in [2.24, 2.45) is 7.05 Å². The first-order valence-corrected chi connectivity index (χ1v) is 6.23. The predicted octanol–water partition coefficient (Wildman–Crippen LogP) is 2.34. The number of nitrogens with zero attached hydrogens (tertiary/aromatic N) is 3. The standard InChI is InChI=1S/C13H15N5O/c1-18-8-11(7-15-18)16-13(19)17-12-5-4-10(6-14-12)9-2-3-9/h4-9H,2-3H2,1H3,(H2,14,16,17,19). The molecule has 0 unspecified atom stereocenters. The molecule has 0 bridgehead atoms. The highest BCUT2D eigenvalue weighted by Crippen LogP contribution is 2.39. The molecule has 98 valence electrons. The van der Waals surface area contributed by atoms with Crippen LogP contribution in [0.4, 0.5) is 16.3 Å². The summed E-state index contributed by atoms with van der Waals surface area (Å²) >= 11 is 0. The van der Waals surface area contributed by atoms with Gasteiger partial charge in [0, 0.05) is 19.4 Å². The lowest BCUT2D eigenvalue weighted by atomic mass is 10.2. The first-order valence-electron chi connectivity index (χ1n) is 6.23. The topological polar surface area (TPSA) is 71.8 Å². The molecule has 0 aliphatic heterocycles. The molecular weight excluding hydrogens is 242 g/mol. The van der Waals surface area contributed by atoms with Crippen molar-refractivity contribution in [1.82, 2.24) is 14.8 Å². The molecule has 2 heterocycles. The van der Waals surface area contributed by atoms with Gasteiger partial charge < -0.3 is 5.32 Å². The summed E-state index contributed by atoms with van der Waals surface area (Å²) in [6.07, 6.45) is 7.63. The van der Waals surface area contributed by atoms with Crippen molar-refractivity contribution in [1.29, 1.82) is 0 Å². The molecule has 1 aliphatic carbocycles. The maximum Gasteiger partial charge on any atom is 0.324 e. The van der Waals surface area contributed by atoms with E-state index in [4.69, 9.17) is 0 Å². The Morgan fingerprint density at radius 3 is 2.74 bits per heavy atom. The van der Waals surface area contributed by atoms with E-state index in [1.165, 1.54) is 18.4 Å². The van der Waals surface area contributed by atoms with Gasteiger partial charge in [0.25, 0.3) is 0 Å². The Bertz CT molecular complexity index is 585. The first-order chi connectivity index (χ1) is 9.20. The molecule has 0 atom stereocenters. The first kappa shape index (κ1) is 11.7. The van der Waals surface area contributed by atoms with E-state index in [0.29, 0.717) is 17.4 Å². The summed E-state index contributed by atoms with van der Waals surface area (Å²) in [6, 6.07) is 3.53. The number of carbonyl (C=O) groups is 1. The molecule has 1 aliphatic rings. The molecule has 19 heavy (non-hydrogen) atoms. The molecule has 0 saturated heterocycles. The van der Waals surface area contributed by atoms with Crippen molar-refractivity contribution in [3.05, 3.63) is 36.3 Å². The van der Waals surface area contributed by atoms with Gasteiger partial charge in [-0.2, -0.15) is 5.10 Å². The molecule has 6 heteroatoms. The highest BCUT2D eigenvalue weighted by molar-refractivity contribution is 5.98. The lowest BCUT2D eigenvalue weighted by molar-refractivity contribution is 0.262. The SMILES string of the molecule is Cn1cc(NC(=O)Nc2ccc(C3CC3)cn2)cn1. The van der Waals surface area contributed by atoms with Crippen molar-refractivity contribution in [3.63, 3.8) is 0 Å². The number of pyridine rings is 1. The third-order valence-corrected chi connectivity index (χ3v) is 3.04. The second-order valence-electron chi connectivity index (χ2n) is 4.73. The summed E-state index contributed by atoms with van der Waals surface area (Å²) in [5.74, 6) is 1.22. The minimum absolute atomic E-state index is 0.320. The number of anilines is 2. The van der Waals surface area contributed by atoms with Crippen molar-refractivity contribution in [2.75, 3.05) is 10.6 Å². The molecule has 2 N–H and O–H groups in total. The van der Waals surface area contributed by atoms with Crippen LogP contribution < -0.4 is 10.6 Å². The van der Waals surface area contributed by atoms with E-state index in [1.54, 1.807) is 24.1 Å². The van der Waals surface area contributed by atoms with E-state index in [0.717, 1.165) is 0 Å². The zero-order valence-corrected chi connectivity index (χ0v) is 10.6. The summed E-state index contributed by atoms with van der Waals surface area (Å²) in [7, 11) is 1.79. The molecule has 1 fully saturated rings. The number of aryl methyl sites for hydroxylation is 1. The molecule has 2 aromatic heterocycles. The van der Waals surface area contributed by atoms with E-state index < -0.39 is 0 Å². The van der Waals surface area contributed by atoms with Crippen LogP contribution in [0.25, 0.3) is 0 Å². The number of nitrogens with one attached hydrogen (secondary N) is 2. The van der Waals surface area contributed by atoms with E-state index in [2.05, 4.69) is 20.7 Å². The summed E-state index contributed by atoms with van der Waals surface area (Å²) in [6.45, 7) is 0. The summed E-state index contributed by atoms with van der Waals surface area (Å²) in [4.78, 5) is 16.0. The summed E-state index contributed by atoms with van der Waals surface area (Å²) in [5.41, 5.74) is 1.90. The molecule has 6 nitrogen and oxygen atoms in total. The summed E-state index contributed by atoms with van der Waals surface area (Å²) < 4.78 is 1.62. The van der Waals surface area contributed by atoms with Gasteiger partial charge in [-0.3, -0.25) is 10.00 Å². The van der Waals surface area contributed by atoms with Crippen LogP contribution in [0.5, 0.6) is 0 Å². The van der Waals surface area contributed by atoms with Gasteiger partial charge in [-0.15, -0.1) is 0 Å². The number of urea groups is 1. The fraction of sp³-hybridized carbons (Fsp3) is 0.308. The van der Waals surface area contributed by atoms with Crippen molar-refractivity contribution >= 4 is 17.5 Å². The molecule has 0 spiro atoms. The van der Waals surface area contributed by atoms with Crippen LogP contribution in [0.2, 0.25) is 0 Å². The van der Waals surface area contributed by atoms with Gasteiger partial charge in [0.05, 0.1) is 11.9 Å². The van der Waals surface area contributed by atoms with Crippen LogP contribution in [0.1, 0.15) is 24.3 Å². The van der Waals surface area contributed by atoms with Gasteiger partial charge in [0.2, 0.25) is 0 Å². The van der Waals surface area contributed by atoms with Gasteiger partial charge in [0.1, 0.15) is 5.82 Å². The average Bonchev–Trinajstić information content (AvgIpc) is 3.15. The Labute approximate surface area is 110 Å². The second-order valence-corrected chi connectivity index (χ2v) is 4.73. The zero-order chi connectivity index (χ0) is 13.2. The van der Waals surface area contributed by atoms with Crippen LogP contribution >= 0.6 is 0 Å². The second kappa shape index (κ2) is 4.72. The maximum atomic E-state index is 11.7. The minimum Gasteiger partial charge on any atom is -0.305 e. The van der Waals surface area contributed by atoms with E-state index in [9.17, 15) is 4.79 Å². The van der Waals surface area contributed by atoms with E-state index in [1.807, 2.05) is 18.3 Å². The fourth-order valence-corrected chi connectivity index (χ4v) is 1.90. The van der Waals surface area contributed by atoms with E-state index in [-0.39, 0.29) is 6.03 Å². The number of amides is 2. The van der Waals surface area contributed by atoms with Crippen LogP contribution in [0.3, 0.4) is 0 Å². The molecular formula is C13H15N5O. The Morgan fingerprint density at radius 2 is 2.16 bits per heavy atom. The number of rotatable bonds is 3. The highest BCUT2D eigenvalue weighted by Gasteiger charge is 2.23. The predicted molar refractivity (Wildman–Crippen MR) is 72.1 cm³/mol. The number of hydrogen-bond acceptors (Lipinski definition) is 3. The number of aromatic nitrogens is 3. The summed E-state index contributed by atoms with van der Waals surface area (Å²) in [5, 5.41) is 9.35. The Morgan fingerprint density at radius 1 is 1.32 bits per heavy atom. The van der Waals surface area contributed by atoms with Crippen LogP contribution in [-0.2, 0) is 7.05 Å². The quantitative estimate of drug-likeness (QED) is 0.886. The van der Waals surface area contributed by atoms with Crippen LogP contribution in [0, 0.1) is 0 Å².